The lowest BCUT2D eigenvalue weighted by atomic mass is 10.1. The van der Waals surface area contributed by atoms with Gasteiger partial charge in [0.05, 0.1) is 26.8 Å². The predicted octanol–water partition coefficient (Wildman–Crippen LogP) is 3.63. The standard InChI is InChI=1S/C19H21BrN6O.ClH/c1-11-5-12(7-22-6-11)19(27)25-15-9-24-18-16(15)17(14(20)8-23-18)26-4-2-3-13(21)10-26;/h5-9,13H,2-4,10,21H2,1H3,(H,23,24)(H,25,27);1H. The molecule has 28 heavy (non-hydrogen) atoms. The van der Waals surface area contributed by atoms with E-state index in [-0.39, 0.29) is 24.4 Å². The number of hydrogen-bond acceptors (Lipinski definition) is 5. The second kappa shape index (κ2) is 8.46. The molecule has 1 aliphatic rings. The van der Waals surface area contributed by atoms with Crippen LogP contribution in [0.5, 0.6) is 0 Å². The molecule has 0 bridgehead atoms. The number of piperidine rings is 1. The summed E-state index contributed by atoms with van der Waals surface area (Å²) in [6, 6.07) is 1.96. The van der Waals surface area contributed by atoms with E-state index >= 15 is 0 Å². The van der Waals surface area contributed by atoms with Gasteiger partial charge >= 0.3 is 0 Å². The van der Waals surface area contributed by atoms with Gasteiger partial charge in [0.2, 0.25) is 0 Å². The van der Waals surface area contributed by atoms with Crippen molar-refractivity contribution in [3.8, 4) is 0 Å². The SMILES string of the molecule is Cc1cncc(C(=O)Nc2c[nH]c3ncc(Br)c(N4CCCC(N)C4)c23)c1.Cl. The minimum Gasteiger partial charge on any atom is -0.368 e. The Balaban J connectivity index is 0.00000225. The highest BCUT2D eigenvalue weighted by Crippen LogP contribution is 2.38. The molecule has 1 saturated heterocycles. The molecule has 3 aromatic rings. The minimum atomic E-state index is -0.201. The lowest BCUT2D eigenvalue weighted by molar-refractivity contribution is 0.102. The molecule has 4 rings (SSSR count). The average molecular weight is 466 g/mol. The molecule has 0 saturated carbocycles. The van der Waals surface area contributed by atoms with Crippen molar-refractivity contribution in [3.63, 3.8) is 0 Å². The Kier molecular flexibility index (Phi) is 6.22. The zero-order valence-corrected chi connectivity index (χ0v) is 17.8. The zero-order valence-electron chi connectivity index (χ0n) is 15.4. The van der Waals surface area contributed by atoms with Crippen LogP contribution >= 0.6 is 28.3 Å². The Morgan fingerprint density at radius 2 is 2.21 bits per heavy atom. The summed E-state index contributed by atoms with van der Waals surface area (Å²) in [5.74, 6) is -0.201. The van der Waals surface area contributed by atoms with Gasteiger partial charge in [0, 0.05) is 43.9 Å². The lowest BCUT2D eigenvalue weighted by Gasteiger charge is -2.33. The third kappa shape index (κ3) is 3.99. The molecular weight excluding hydrogens is 444 g/mol. The smallest absolute Gasteiger partial charge is 0.257 e. The summed E-state index contributed by atoms with van der Waals surface area (Å²) < 4.78 is 0.886. The highest BCUT2D eigenvalue weighted by atomic mass is 79.9. The number of aromatic amines is 1. The first-order valence-corrected chi connectivity index (χ1v) is 9.71. The van der Waals surface area contributed by atoms with Gasteiger partial charge in [0.25, 0.3) is 5.91 Å². The summed E-state index contributed by atoms with van der Waals surface area (Å²) in [4.78, 5) is 26.7. The molecule has 0 aliphatic carbocycles. The second-order valence-electron chi connectivity index (χ2n) is 6.93. The summed E-state index contributed by atoms with van der Waals surface area (Å²) >= 11 is 3.63. The fourth-order valence-electron chi connectivity index (χ4n) is 3.55. The largest absolute Gasteiger partial charge is 0.368 e. The quantitative estimate of drug-likeness (QED) is 0.548. The molecule has 0 aromatic carbocycles. The fraction of sp³-hybridized carbons (Fsp3) is 0.316. The first kappa shape index (κ1) is 20.6. The van der Waals surface area contributed by atoms with Gasteiger partial charge in [-0.25, -0.2) is 4.98 Å². The van der Waals surface area contributed by atoms with Crippen LogP contribution in [0.1, 0.15) is 28.8 Å². The first-order valence-electron chi connectivity index (χ1n) is 8.92. The van der Waals surface area contributed by atoms with E-state index in [1.165, 1.54) is 0 Å². The number of anilines is 2. The first-order chi connectivity index (χ1) is 13.0. The summed E-state index contributed by atoms with van der Waals surface area (Å²) in [7, 11) is 0. The topological polar surface area (TPSA) is 99.9 Å². The molecule has 1 atom stereocenters. The van der Waals surface area contributed by atoms with E-state index < -0.39 is 0 Å². The van der Waals surface area contributed by atoms with Gasteiger partial charge in [-0.2, -0.15) is 0 Å². The molecule has 1 fully saturated rings. The highest BCUT2D eigenvalue weighted by molar-refractivity contribution is 9.10. The molecule has 1 unspecified atom stereocenters. The molecule has 3 aromatic heterocycles. The Morgan fingerprint density at radius 3 is 2.96 bits per heavy atom. The van der Waals surface area contributed by atoms with Crippen molar-refractivity contribution in [3.05, 3.63) is 46.5 Å². The molecule has 7 nitrogen and oxygen atoms in total. The van der Waals surface area contributed by atoms with Crippen LogP contribution in [0.2, 0.25) is 0 Å². The van der Waals surface area contributed by atoms with Crippen molar-refractivity contribution in [1.29, 1.82) is 0 Å². The van der Waals surface area contributed by atoms with Crippen LogP contribution in [0.15, 0.2) is 35.3 Å². The molecule has 1 amide bonds. The number of halogens is 2. The van der Waals surface area contributed by atoms with E-state index in [0.29, 0.717) is 11.3 Å². The fourth-order valence-corrected chi connectivity index (χ4v) is 4.10. The van der Waals surface area contributed by atoms with E-state index in [9.17, 15) is 4.79 Å². The summed E-state index contributed by atoms with van der Waals surface area (Å²) in [6.07, 6.45) is 8.91. The highest BCUT2D eigenvalue weighted by Gasteiger charge is 2.24. The van der Waals surface area contributed by atoms with E-state index in [1.807, 2.05) is 13.0 Å². The maximum atomic E-state index is 12.7. The second-order valence-corrected chi connectivity index (χ2v) is 7.79. The third-order valence-corrected chi connectivity index (χ3v) is 5.37. The van der Waals surface area contributed by atoms with Crippen LogP contribution < -0.4 is 16.0 Å². The Morgan fingerprint density at radius 1 is 1.39 bits per heavy atom. The van der Waals surface area contributed by atoms with Crippen molar-refractivity contribution < 1.29 is 4.79 Å². The van der Waals surface area contributed by atoms with Crippen LogP contribution in [0, 0.1) is 6.92 Å². The number of nitrogens with zero attached hydrogens (tertiary/aromatic N) is 3. The van der Waals surface area contributed by atoms with Gasteiger partial charge in [0.1, 0.15) is 5.65 Å². The van der Waals surface area contributed by atoms with Gasteiger partial charge in [0.15, 0.2) is 0 Å². The Labute approximate surface area is 177 Å². The van der Waals surface area contributed by atoms with Crippen molar-refractivity contribution in [2.45, 2.75) is 25.8 Å². The van der Waals surface area contributed by atoms with Crippen LogP contribution in [-0.4, -0.2) is 40.0 Å². The average Bonchev–Trinajstić information content (AvgIpc) is 3.04. The normalized spacial score (nSPS) is 16.7. The predicted molar refractivity (Wildman–Crippen MR) is 117 cm³/mol. The van der Waals surface area contributed by atoms with E-state index in [0.717, 1.165) is 52.7 Å². The van der Waals surface area contributed by atoms with Crippen molar-refractivity contribution in [1.82, 2.24) is 15.0 Å². The third-order valence-electron chi connectivity index (χ3n) is 4.79. The maximum absolute atomic E-state index is 12.7. The molecule has 1 aliphatic heterocycles. The number of rotatable bonds is 3. The summed E-state index contributed by atoms with van der Waals surface area (Å²) in [5, 5.41) is 3.88. The van der Waals surface area contributed by atoms with Crippen molar-refractivity contribution in [2.24, 2.45) is 5.73 Å². The van der Waals surface area contributed by atoms with Crippen LogP contribution in [0.25, 0.3) is 11.0 Å². The van der Waals surface area contributed by atoms with E-state index in [1.54, 1.807) is 24.8 Å². The van der Waals surface area contributed by atoms with Gasteiger partial charge < -0.3 is 20.9 Å². The molecule has 4 heterocycles. The minimum absolute atomic E-state index is 0. The van der Waals surface area contributed by atoms with Crippen molar-refractivity contribution in [2.75, 3.05) is 23.3 Å². The number of fused-ring (bicyclic) bond motifs is 1. The number of carbonyl (C=O) groups excluding carboxylic acids is 1. The van der Waals surface area contributed by atoms with E-state index in [4.69, 9.17) is 5.73 Å². The summed E-state index contributed by atoms with van der Waals surface area (Å²) in [5.41, 5.74) is 10.1. The molecule has 148 valence electrons. The van der Waals surface area contributed by atoms with Crippen LogP contribution in [0.4, 0.5) is 11.4 Å². The number of hydrogen-bond donors (Lipinski definition) is 3. The van der Waals surface area contributed by atoms with Gasteiger partial charge in [-0.3, -0.25) is 9.78 Å². The molecule has 4 N–H and O–H groups in total. The van der Waals surface area contributed by atoms with Gasteiger partial charge in [-0.05, 0) is 47.3 Å². The summed E-state index contributed by atoms with van der Waals surface area (Å²) in [6.45, 7) is 3.61. The van der Waals surface area contributed by atoms with Crippen molar-refractivity contribution >= 4 is 56.7 Å². The lowest BCUT2D eigenvalue weighted by Crippen LogP contribution is -2.43. The number of aromatic nitrogens is 3. The molecular formula is C19H22BrClN6O. The number of nitrogens with two attached hydrogens (primary N) is 1. The van der Waals surface area contributed by atoms with Gasteiger partial charge in [-0.15, -0.1) is 12.4 Å². The molecule has 0 radical (unpaired) electrons. The number of nitrogens with one attached hydrogen (secondary N) is 2. The number of H-pyrrole nitrogens is 1. The van der Waals surface area contributed by atoms with E-state index in [2.05, 4.69) is 41.1 Å². The van der Waals surface area contributed by atoms with Gasteiger partial charge in [-0.1, -0.05) is 0 Å². The maximum Gasteiger partial charge on any atom is 0.257 e. The Bertz CT molecular complexity index is 1010. The zero-order chi connectivity index (χ0) is 19.0. The van der Waals surface area contributed by atoms with Crippen LogP contribution in [-0.2, 0) is 0 Å². The molecule has 9 heteroatoms. The number of pyridine rings is 2. The number of aryl methyl sites for hydroxylation is 1. The number of carbonyl (C=O) groups is 1. The monoisotopic (exact) mass is 464 g/mol. The number of amides is 1. The Hall–Kier alpha value is -2.16. The molecule has 0 spiro atoms. The van der Waals surface area contributed by atoms with Crippen LogP contribution in [0.3, 0.4) is 0 Å².